The molecule has 1 saturated heterocycles. The Kier molecular flexibility index (Phi) is 3.18. The highest BCUT2D eigenvalue weighted by Gasteiger charge is 2.09. The molecular weight excluding hydrogens is 134 g/mol. The summed E-state index contributed by atoms with van der Waals surface area (Å²) in [4.78, 5) is 11.6. The maximum Gasteiger partial charge on any atom is 0.418 e. The van der Waals surface area contributed by atoms with E-state index < -0.39 is 0 Å². The van der Waals surface area contributed by atoms with Crippen LogP contribution in [0.2, 0.25) is 0 Å². The molecule has 1 rings (SSSR count). The Morgan fingerprint density at radius 3 is 2.80 bits per heavy atom. The smallest absolute Gasteiger partial charge is 0.418 e. The van der Waals surface area contributed by atoms with Crippen molar-refractivity contribution >= 4 is 6.47 Å². The van der Waals surface area contributed by atoms with Gasteiger partial charge in [0, 0.05) is 13.1 Å². The summed E-state index contributed by atoms with van der Waals surface area (Å²) in [5.41, 5.74) is 0. The first-order valence-corrected chi connectivity index (χ1v) is 3.22. The van der Waals surface area contributed by atoms with Crippen molar-refractivity contribution in [3.8, 4) is 0 Å². The van der Waals surface area contributed by atoms with Gasteiger partial charge in [0.1, 0.15) is 6.73 Å². The predicted octanol–water partition coefficient (Wildman–Crippen LogP) is -0.640. The molecule has 4 heteroatoms. The zero-order chi connectivity index (χ0) is 7.23. The average Bonchev–Trinajstić information content (AvgIpc) is 2.03. The summed E-state index contributed by atoms with van der Waals surface area (Å²) in [6.07, 6.45) is 0. The quantitative estimate of drug-likeness (QED) is 0.528. The Bertz CT molecular complexity index is 101. The summed E-state index contributed by atoms with van der Waals surface area (Å²) < 4.78 is 9.52. The Hall–Kier alpha value is -0.610. The van der Waals surface area contributed by atoms with Crippen LogP contribution in [0.4, 0.5) is 0 Å². The van der Waals surface area contributed by atoms with Crippen molar-refractivity contribution in [3.05, 3.63) is 0 Å². The van der Waals surface area contributed by atoms with Crippen molar-refractivity contribution in [1.82, 2.24) is 4.90 Å². The minimum absolute atomic E-state index is 0.340. The van der Waals surface area contributed by atoms with Crippen LogP contribution < -0.4 is 0 Å². The molecule has 0 unspecified atom stereocenters. The minimum Gasteiger partial charge on any atom is -0.441 e. The van der Waals surface area contributed by atoms with Crippen molar-refractivity contribution in [3.63, 3.8) is 0 Å². The largest absolute Gasteiger partial charge is 0.441 e. The van der Waals surface area contributed by atoms with E-state index >= 15 is 0 Å². The fourth-order valence-electron chi connectivity index (χ4n) is 0.848. The molecule has 0 N–H and O–H groups in total. The molecule has 0 amide bonds. The monoisotopic (exact) mass is 144 g/mol. The highest BCUT2D eigenvalue weighted by molar-refractivity contribution is 5.37. The van der Waals surface area contributed by atoms with E-state index in [0.717, 1.165) is 26.3 Å². The van der Waals surface area contributed by atoms with Gasteiger partial charge in [0.05, 0.1) is 13.2 Å². The minimum atomic E-state index is 0.340. The van der Waals surface area contributed by atoms with Crippen LogP contribution in [0.15, 0.2) is 0 Å². The molecule has 10 heavy (non-hydrogen) atoms. The molecule has 0 bridgehead atoms. The lowest BCUT2D eigenvalue weighted by atomic mass is 10.5. The standard InChI is InChI=1S/C6H10NO3/c8-6-10-5-7-1-3-9-4-2-7/h1-5H2. The molecule has 1 aliphatic heterocycles. The fraction of sp³-hybridized carbons (Fsp3) is 0.833. The van der Waals surface area contributed by atoms with E-state index in [9.17, 15) is 4.79 Å². The van der Waals surface area contributed by atoms with E-state index in [-0.39, 0.29) is 0 Å². The Balaban J connectivity index is 2.07. The number of ether oxygens (including phenoxy) is 2. The fourth-order valence-corrected chi connectivity index (χ4v) is 0.848. The third-order valence-corrected chi connectivity index (χ3v) is 1.41. The molecule has 0 aliphatic carbocycles. The summed E-state index contributed by atoms with van der Waals surface area (Å²) in [7, 11) is 0. The average molecular weight is 144 g/mol. The van der Waals surface area contributed by atoms with Gasteiger partial charge in [-0.2, -0.15) is 0 Å². The Morgan fingerprint density at radius 1 is 1.50 bits per heavy atom. The lowest BCUT2D eigenvalue weighted by Crippen LogP contribution is -2.37. The number of carbonyl (C=O) groups excluding carboxylic acids is 1. The van der Waals surface area contributed by atoms with Gasteiger partial charge in [-0.1, -0.05) is 0 Å². The normalized spacial score (nSPS) is 20.4. The second kappa shape index (κ2) is 4.24. The third-order valence-electron chi connectivity index (χ3n) is 1.41. The van der Waals surface area contributed by atoms with Crippen molar-refractivity contribution in [2.75, 3.05) is 33.0 Å². The van der Waals surface area contributed by atoms with Crippen molar-refractivity contribution in [1.29, 1.82) is 0 Å². The maximum absolute atomic E-state index is 9.64. The molecule has 0 atom stereocenters. The van der Waals surface area contributed by atoms with Gasteiger partial charge in [-0.15, -0.1) is 0 Å². The first-order chi connectivity index (χ1) is 4.93. The summed E-state index contributed by atoms with van der Waals surface area (Å²) in [6.45, 7) is 4.84. The molecule has 1 aliphatic rings. The SMILES string of the molecule is O=[C]OCN1CCOCC1. The van der Waals surface area contributed by atoms with E-state index in [0.29, 0.717) is 6.73 Å². The zero-order valence-corrected chi connectivity index (χ0v) is 5.71. The van der Waals surface area contributed by atoms with Crippen LogP contribution in [-0.4, -0.2) is 44.4 Å². The summed E-state index contributed by atoms with van der Waals surface area (Å²) in [5, 5.41) is 0. The zero-order valence-electron chi connectivity index (χ0n) is 5.71. The highest BCUT2D eigenvalue weighted by Crippen LogP contribution is 1.94. The molecule has 57 valence electrons. The molecule has 0 spiro atoms. The molecule has 1 heterocycles. The number of nitrogens with zero attached hydrogens (tertiary/aromatic N) is 1. The molecule has 0 aromatic heterocycles. The molecule has 1 fully saturated rings. The second-order valence-electron chi connectivity index (χ2n) is 2.09. The van der Waals surface area contributed by atoms with Crippen molar-refractivity contribution in [2.45, 2.75) is 0 Å². The first kappa shape index (κ1) is 7.50. The molecule has 0 aromatic rings. The van der Waals surface area contributed by atoms with Crippen molar-refractivity contribution < 1.29 is 14.3 Å². The number of hydrogen-bond acceptors (Lipinski definition) is 4. The Labute approximate surface area is 59.7 Å². The van der Waals surface area contributed by atoms with Gasteiger partial charge in [0.25, 0.3) is 0 Å². The third kappa shape index (κ3) is 2.33. The summed E-state index contributed by atoms with van der Waals surface area (Å²) in [6, 6.07) is 0. The van der Waals surface area contributed by atoms with Gasteiger partial charge in [-0.25, -0.2) is 4.79 Å². The predicted molar refractivity (Wildman–Crippen MR) is 34.0 cm³/mol. The molecule has 0 aromatic carbocycles. The topological polar surface area (TPSA) is 38.8 Å². The van der Waals surface area contributed by atoms with Gasteiger partial charge in [0.2, 0.25) is 0 Å². The van der Waals surface area contributed by atoms with E-state index in [1.54, 1.807) is 0 Å². The van der Waals surface area contributed by atoms with Crippen LogP contribution in [0.25, 0.3) is 0 Å². The van der Waals surface area contributed by atoms with E-state index in [2.05, 4.69) is 4.74 Å². The van der Waals surface area contributed by atoms with Crippen LogP contribution in [-0.2, 0) is 14.3 Å². The van der Waals surface area contributed by atoms with Crippen LogP contribution in [0.1, 0.15) is 0 Å². The lowest BCUT2D eigenvalue weighted by molar-refractivity contribution is 0.000133. The van der Waals surface area contributed by atoms with Gasteiger partial charge in [-0.3, -0.25) is 4.90 Å². The summed E-state index contributed by atoms with van der Waals surface area (Å²) in [5.74, 6) is 0. The molecular formula is C6H10NO3. The van der Waals surface area contributed by atoms with Crippen LogP contribution in [0.5, 0.6) is 0 Å². The number of morpholine rings is 1. The van der Waals surface area contributed by atoms with E-state index in [4.69, 9.17) is 4.74 Å². The number of hydrogen-bond donors (Lipinski definition) is 0. The molecule has 1 radical (unpaired) electrons. The molecule has 0 saturated carbocycles. The van der Waals surface area contributed by atoms with Gasteiger partial charge < -0.3 is 9.47 Å². The number of rotatable bonds is 3. The van der Waals surface area contributed by atoms with Crippen LogP contribution >= 0.6 is 0 Å². The van der Waals surface area contributed by atoms with Crippen LogP contribution in [0, 0.1) is 0 Å². The van der Waals surface area contributed by atoms with Gasteiger partial charge >= 0.3 is 6.47 Å². The maximum atomic E-state index is 9.64. The molecule has 4 nitrogen and oxygen atoms in total. The lowest BCUT2D eigenvalue weighted by Gasteiger charge is -2.24. The summed E-state index contributed by atoms with van der Waals surface area (Å²) >= 11 is 0. The van der Waals surface area contributed by atoms with Crippen molar-refractivity contribution in [2.24, 2.45) is 0 Å². The highest BCUT2D eigenvalue weighted by atomic mass is 16.5. The van der Waals surface area contributed by atoms with Gasteiger partial charge in [0.15, 0.2) is 0 Å². The van der Waals surface area contributed by atoms with Gasteiger partial charge in [-0.05, 0) is 0 Å². The van der Waals surface area contributed by atoms with E-state index in [1.807, 2.05) is 4.90 Å². The second-order valence-corrected chi connectivity index (χ2v) is 2.09. The van der Waals surface area contributed by atoms with Crippen LogP contribution in [0.3, 0.4) is 0 Å². The first-order valence-electron chi connectivity index (χ1n) is 3.22. The van der Waals surface area contributed by atoms with E-state index in [1.165, 1.54) is 6.47 Å². The Morgan fingerprint density at radius 2 is 2.20 bits per heavy atom.